The predicted octanol–water partition coefficient (Wildman–Crippen LogP) is 2.64. The summed E-state index contributed by atoms with van der Waals surface area (Å²) in [6.45, 7) is 6.73. The Morgan fingerprint density at radius 3 is 2.75 bits per heavy atom. The van der Waals surface area contributed by atoms with Crippen molar-refractivity contribution in [2.24, 2.45) is 0 Å². The van der Waals surface area contributed by atoms with Gasteiger partial charge in [0.05, 0.1) is 25.5 Å². The van der Waals surface area contributed by atoms with Gasteiger partial charge in [0.1, 0.15) is 17.1 Å². The van der Waals surface area contributed by atoms with Crippen LogP contribution in [0.5, 0.6) is 5.75 Å². The van der Waals surface area contributed by atoms with Crippen molar-refractivity contribution in [1.82, 2.24) is 24.6 Å². The fourth-order valence-electron chi connectivity index (χ4n) is 3.21. The van der Waals surface area contributed by atoms with Crippen LogP contribution in [0.1, 0.15) is 26.3 Å². The quantitative estimate of drug-likeness (QED) is 0.707. The second kappa shape index (κ2) is 8.02. The highest BCUT2D eigenvalue weighted by molar-refractivity contribution is 5.78. The van der Waals surface area contributed by atoms with Gasteiger partial charge in [-0.2, -0.15) is 5.10 Å². The Morgan fingerprint density at radius 1 is 1.29 bits per heavy atom. The molecule has 8 heteroatoms. The molecule has 0 radical (unpaired) electrons. The van der Waals surface area contributed by atoms with Crippen molar-refractivity contribution in [1.29, 1.82) is 0 Å². The smallest absolute Gasteiger partial charge is 0.260 e. The Bertz CT molecular complexity index is 941. The minimum Gasteiger partial charge on any atom is -0.484 e. The van der Waals surface area contributed by atoms with Gasteiger partial charge in [-0.15, -0.1) is 0 Å². The summed E-state index contributed by atoms with van der Waals surface area (Å²) in [7, 11) is 0. The minimum absolute atomic E-state index is 0.0146. The molecule has 1 aliphatic heterocycles. The summed E-state index contributed by atoms with van der Waals surface area (Å²) in [6, 6.07) is 7.89. The molecule has 0 spiro atoms. The first kappa shape index (κ1) is 18.5. The van der Waals surface area contributed by atoms with Crippen LogP contribution < -0.4 is 4.74 Å². The van der Waals surface area contributed by atoms with Crippen LogP contribution in [0.15, 0.2) is 30.5 Å². The molecule has 1 aliphatic rings. The fourth-order valence-corrected chi connectivity index (χ4v) is 3.21. The molecule has 3 heterocycles. The number of H-pyrrole nitrogens is 1. The van der Waals surface area contributed by atoms with Crippen molar-refractivity contribution >= 4 is 17.1 Å². The highest BCUT2D eigenvalue weighted by Gasteiger charge is 2.17. The molecular weight excluding hydrogens is 358 g/mol. The van der Waals surface area contributed by atoms with Crippen LogP contribution in [0.2, 0.25) is 0 Å². The van der Waals surface area contributed by atoms with E-state index in [1.807, 2.05) is 35.1 Å². The number of nitrogens with one attached hydrogen (secondary N) is 1. The average Bonchev–Trinajstić information content (AvgIpc) is 3.33. The predicted molar refractivity (Wildman–Crippen MR) is 105 cm³/mol. The normalized spacial score (nSPS) is 15.7. The van der Waals surface area contributed by atoms with Gasteiger partial charge in [0.2, 0.25) is 0 Å². The Hall–Kier alpha value is -2.87. The van der Waals surface area contributed by atoms with E-state index in [2.05, 4.69) is 23.9 Å². The lowest BCUT2D eigenvalue weighted by Crippen LogP contribution is -2.42. The van der Waals surface area contributed by atoms with E-state index in [9.17, 15) is 4.79 Å². The summed E-state index contributed by atoms with van der Waals surface area (Å²) in [5, 5.41) is 4.41. The van der Waals surface area contributed by atoms with E-state index in [1.165, 1.54) is 0 Å². The number of aromatic amines is 1. The zero-order valence-corrected chi connectivity index (χ0v) is 16.2. The standard InChI is InChI=1S/C20H25N5O3/c1-3-14(2)25-20-17(12-21-25)22-19(23-20)15-4-6-16(7-5-15)28-13-18(26)24-8-10-27-11-9-24/h4-7,12,14H,3,8-11,13H2,1-2H3,(H,22,23). The lowest BCUT2D eigenvalue weighted by atomic mass is 10.2. The van der Waals surface area contributed by atoms with Crippen LogP contribution in [-0.2, 0) is 9.53 Å². The van der Waals surface area contributed by atoms with Gasteiger partial charge < -0.3 is 19.4 Å². The third kappa shape index (κ3) is 3.73. The van der Waals surface area contributed by atoms with Gasteiger partial charge in [0.15, 0.2) is 12.3 Å². The Kier molecular flexibility index (Phi) is 5.29. The van der Waals surface area contributed by atoms with Gasteiger partial charge in [0.25, 0.3) is 5.91 Å². The molecule has 8 nitrogen and oxygen atoms in total. The molecule has 2 aromatic heterocycles. The molecule has 1 fully saturated rings. The number of morpholine rings is 1. The Balaban J connectivity index is 1.42. The molecule has 1 unspecified atom stereocenters. The van der Waals surface area contributed by atoms with Crippen LogP contribution in [-0.4, -0.2) is 63.5 Å². The van der Waals surface area contributed by atoms with Crippen molar-refractivity contribution < 1.29 is 14.3 Å². The summed E-state index contributed by atoms with van der Waals surface area (Å²) in [5.41, 5.74) is 2.74. The fraction of sp³-hybridized carbons (Fsp3) is 0.450. The topological polar surface area (TPSA) is 85.3 Å². The van der Waals surface area contributed by atoms with Crippen LogP contribution in [0.25, 0.3) is 22.6 Å². The largest absolute Gasteiger partial charge is 0.484 e. The lowest BCUT2D eigenvalue weighted by molar-refractivity contribution is -0.137. The number of aromatic nitrogens is 4. The number of rotatable bonds is 6. The van der Waals surface area contributed by atoms with Crippen molar-refractivity contribution in [2.75, 3.05) is 32.9 Å². The van der Waals surface area contributed by atoms with Crippen molar-refractivity contribution in [2.45, 2.75) is 26.3 Å². The summed E-state index contributed by atoms with van der Waals surface area (Å²) >= 11 is 0. The zero-order chi connectivity index (χ0) is 19.5. The molecule has 1 aromatic carbocycles. The third-order valence-corrected chi connectivity index (χ3v) is 5.10. The highest BCUT2D eigenvalue weighted by Crippen LogP contribution is 2.24. The molecule has 28 heavy (non-hydrogen) atoms. The van der Waals surface area contributed by atoms with Gasteiger partial charge in [-0.3, -0.25) is 4.79 Å². The summed E-state index contributed by atoms with van der Waals surface area (Å²) < 4.78 is 12.9. The van der Waals surface area contributed by atoms with Gasteiger partial charge in [-0.05, 0) is 37.6 Å². The first-order valence-electron chi connectivity index (χ1n) is 9.67. The first-order chi connectivity index (χ1) is 13.7. The summed E-state index contributed by atoms with van der Waals surface area (Å²) in [6.07, 6.45) is 2.81. The Labute approximate surface area is 163 Å². The molecule has 0 aliphatic carbocycles. The van der Waals surface area contributed by atoms with Gasteiger partial charge in [-0.1, -0.05) is 6.92 Å². The van der Waals surface area contributed by atoms with Gasteiger partial charge in [0, 0.05) is 18.7 Å². The number of amides is 1. The van der Waals surface area contributed by atoms with Crippen LogP contribution in [0.4, 0.5) is 0 Å². The van der Waals surface area contributed by atoms with E-state index in [4.69, 9.17) is 14.5 Å². The second-order valence-electron chi connectivity index (χ2n) is 6.98. The Morgan fingerprint density at radius 2 is 2.04 bits per heavy atom. The molecule has 1 N–H and O–H groups in total. The summed E-state index contributed by atoms with van der Waals surface area (Å²) in [5.74, 6) is 1.44. The molecule has 4 rings (SSSR count). The molecular formula is C20H25N5O3. The maximum Gasteiger partial charge on any atom is 0.260 e. The molecule has 1 amide bonds. The van der Waals surface area contributed by atoms with Gasteiger partial charge >= 0.3 is 0 Å². The SMILES string of the molecule is CCC(C)n1ncc2[nH]c(-c3ccc(OCC(=O)N4CCOCC4)cc3)nc21. The van der Waals surface area contributed by atoms with E-state index in [-0.39, 0.29) is 12.5 Å². The molecule has 1 atom stereocenters. The molecule has 1 saturated heterocycles. The number of hydrogen-bond donors (Lipinski definition) is 1. The monoisotopic (exact) mass is 383 g/mol. The summed E-state index contributed by atoms with van der Waals surface area (Å²) in [4.78, 5) is 22.0. The van der Waals surface area contributed by atoms with Crippen LogP contribution >= 0.6 is 0 Å². The number of benzene rings is 1. The number of nitrogens with zero attached hydrogens (tertiary/aromatic N) is 4. The zero-order valence-electron chi connectivity index (χ0n) is 16.2. The van der Waals surface area contributed by atoms with Crippen molar-refractivity contribution in [3.63, 3.8) is 0 Å². The molecule has 0 bridgehead atoms. The number of carbonyl (C=O) groups is 1. The minimum atomic E-state index is -0.0146. The van der Waals surface area contributed by atoms with Crippen LogP contribution in [0, 0.1) is 0 Å². The van der Waals surface area contributed by atoms with E-state index < -0.39 is 0 Å². The van der Waals surface area contributed by atoms with E-state index >= 15 is 0 Å². The van der Waals surface area contributed by atoms with Gasteiger partial charge in [-0.25, -0.2) is 9.67 Å². The lowest BCUT2D eigenvalue weighted by Gasteiger charge is -2.26. The molecule has 3 aromatic rings. The maximum atomic E-state index is 12.2. The maximum absolute atomic E-state index is 12.2. The highest BCUT2D eigenvalue weighted by atomic mass is 16.5. The number of ether oxygens (including phenoxy) is 2. The molecule has 0 saturated carbocycles. The number of carbonyl (C=O) groups excluding carboxylic acids is 1. The first-order valence-corrected chi connectivity index (χ1v) is 9.67. The average molecular weight is 383 g/mol. The number of hydrogen-bond acceptors (Lipinski definition) is 5. The van der Waals surface area contributed by atoms with Crippen molar-refractivity contribution in [3.05, 3.63) is 30.5 Å². The number of fused-ring (bicyclic) bond motifs is 1. The second-order valence-corrected chi connectivity index (χ2v) is 6.98. The van der Waals surface area contributed by atoms with E-state index in [0.717, 1.165) is 29.0 Å². The van der Waals surface area contributed by atoms with Crippen molar-refractivity contribution in [3.8, 4) is 17.1 Å². The van der Waals surface area contributed by atoms with E-state index in [1.54, 1.807) is 4.90 Å². The number of imidazole rings is 1. The van der Waals surface area contributed by atoms with Crippen LogP contribution in [0.3, 0.4) is 0 Å². The third-order valence-electron chi connectivity index (χ3n) is 5.10. The van der Waals surface area contributed by atoms with E-state index in [0.29, 0.717) is 38.1 Å². The molecule has 148 valence electrons.